The second-order valence-corrected chi connectivity index (χ2v) is 7.98. The summed E-state index contributed by atoms with van der Waals surface area (Å²) in [5, 5.41) is 0.352. The van der Waals surface area contributed by atoms with E-state index in [0.717, 1.165) is 6.42 Å². The van der Waals surface area contributed by atoms with Crippen molar-refractivity contribution in [2.75, 3.05) is 18.1 Å². The number of ether oxygens (including phenoxy) is 2. The Morgan fingerprint density at radius 2 is 1.94 bits per heavy atom. The van der Waals surface area contributed by atoms with Crippen LogP contribution in [0.25, 0.3) is 0 Å². The number of benzene rings is 1. The Hall–Kier alpha value is -3.13. The first-order valence-electron chi connectivity index (χ1n) is 10.4. The van der Waals surface area contributed by atoms with Crippen molar-refractivity contribution in [3.8, 4) is 0 Å². The molecule has 2 heterocycles. The summed E-state index contributed by atoms with van der Waals surface area (Å²) in [6.07, 6.45) is 0.0407. The molecular weight excluding hydrogens is 436 g/mol. The fraction of sp³-hybridized carbons (Fsp3) is 0.391. The summed E-state index contributed by atoms with van der Waals surface area (Å²) in [6, 6.07) is 4.50. The maximum absolute atomic E-state index is 12.9. The van der Waals surface area contributed by atoms with Gasteiger partial charge in [0.2, 0.25) is 11.7 Å². The van der Waals surface area contributed by atoms with Gasteiger partial charge in [-0.1, -0.05) is 11.6 Å². The highest BCUT2D eigenvalue weighted by molar-refractivity contribution is 6.34. The number of amides is 1. The third kappa shape index (κ3) is 4.55. The first-order chi connectivity index (χ1) is 15.1. The zero-order valence-electron chi connectivity index (χ0n) is 18.4. The van der Waals surface area contributed by atoms with Crippen molar-refractivity contribution >= 4 is 40.9 Å². The number of carbonyl (C=O) groups excluding carboxylic acids is 4. The van der Waals surface area contributed by atoms with Crippen LogP contribution in [0.5, 0.6) is 0 Å². The van der Waals surface area contributed by atoms with Crippen LogP contribution < -0.4 is 4.90 Å². The predicted molar refractivity (Wildman–Crippen MR) is 118 cm³/mol. The van der Waals surface area contributed by atoms with Gasteiger partial charge in [-0.15, -0.1) is 0 Å². The first-order valence-corrected chi connectivity index (χ1v) is 10.7. The summed E-state index contributed by atoms with van der Waals surface area (Å²) in [5.41, 5.74) is 2.04. The first kappa shape index (κ1) is 23.5. The quantitative estimate of drug-likeness (QED) is 0.494. The number of esters is 2. The monoisotopic (exact) mass is 460 g/mol. The van der Waals surface area contributed by atoms with Crippen molar-refractivity contribution in [3.05, 3.63) is 51.3 Å². The number of ketones is 1. The topological polar surface area (TPSA) is 106 Å². The molecule has 0 unspecified atom stereocenters. The van der Waals surface area contributed by atoms with E-state index in [0.29, 0.717) is 40.5 Å². The number of aromatic nitrogens is 1. The highest BCUT2D eigenvalue weighted by atomic mass is 35.5. The molecule has 1 aliphatic rings. The molecule has 0 saturated carbocycles. The maximum atomic E-state index is 12.9. The molecule has 0 aliphatic carbocycles. The summed E-state index contributed by atoms with van der Waals surface area (Å²) in [5.74, 6) is -1.77. The molecule has 0 radical (unpaired) electrons. The minimum absolute atomic E-state index is 0.0593. The van der Waals surface area contributed by atoms with E-state index in [4.69, 9.17) is 21.1 Å². The molecule has 1 atom stereocenters. The minimum atomic E-state index is -1.11. The summed E-state index contributed by atoms with van der Waals surface area (Å²) in [7, 11) is 0. The Morgan fingerprint density at radius 3 is 2.56 bits per heavy atom. The largest absolute Gasteiger partial charge is 0.462 e. The van der Waals surface area contributed by atoms with Gasteiger partial charge in [0.05, 0.1) is 34.1 Å². The van der Waals surface area contributed by atoms with Crippen LogP contribution in [-0.4, -0.2) is 47.9 Å². The second-order valence-electron chi connectivity index (χ2n) is 7.57. The Balaban J connectivity index is 1.78. The van der Waals surface area contributed by atoms with Gasteiger partial charge in [0.15, 0.2) is 6.10 Å². The number of aromatic amines is 1. The van der Waals surface area contributed by atoms with Gasteiger partial charge in [0, 0.05) is 18.7 Å². The molecule has 8 nitrogen and oxygen atoms in total. The van der Waals surface area contributed by atoms with E-state index >= 15 is 0 Å². The fourth-order valence-corrected chi connectivity index (χ4v) is 3.96. The van der Waals surface area contributed by atoms with Crippen molar-refractivity contribution in [3.63, 3.8) is 0 Å². The normalized spacial score (nSPS) is 14.4. The average Bonchev–Trinajstić information content (AvgIpc) is 3.30. The van der Waals surface area contributed by atoms with Gasteiger partial charge in [-0.3, -0.25) is 9.59 Å². The van der Waals surface area contributed by atoms with Crippen LogP contribution in [0.2, 0.25) is 5.02 Å². The molecule has 2 aromatic rings. The van der Waals surface area contributed by atoms with Crippen LogP contribution in [0, 0.1) is 13.8 Å². The van der Waals surface area contributed by atoms with Gasteiger partial charge in [0.1, 0.15) is 0 Å². The number of nitrogens with one attached hydrogen (secondary N) is 1. The third-order valence-electron chi connectivity index (χ3n) is 5.36. The molecule has 3 rings (SSSR count). The van der Waals surface area contributed by atoms with Crippen molar-refractivity contribution in [2.24, 2.45) is 0 Å². The van der Waals surface area contributed by atoms with Crippen LogP contribution in [0.3, 0.4) is 0 Å². The fourth-order valence-electron chi connectivity index (χ4n) is 3.74. The Labute approximate surface area is 190 Å². The van der Waals surface area contributed by atoms with Gasteiger partial charge in [-0.2, -0.15) is 0 Å². The molecule has 32 heavy (non-hydrogen) atoms. The smallest absolute Gasteiger partial charge is 0.340 e. The maximum Gasteiger partial charge on any atom is 0.340 e. The van der Waals surface area contributed by atoms with E-state index in [1.165, 1.54) is 30.0 Å². The molecule has 1 aromatic heterocycles. The number of hydrogen-bond donors (Lipinski definition) is 1. The molecule has 0 bridgehead atoms. The second kappa shape index (κ2) is 9.56. The molecule has 1 aliphatic heterocycles. The van der Waals surface area contributed by atoms with Crippen molar-refractivity contribution in [1.82, 2.24) is 4.98 Å². The van der Waals surface area contributed by atoms with Crippen LogP contribution >= 0.6 is 11.6 Å². The number of nitrogens with zero attached hydrogens (tertiary/aromatic N) is 1. The van der Waals surface area contributed by atoms with Gasteiger partial charge in [-0.05, 0) is 57.9 Å². The lowest BCUT2D eigenvalue weighted by Crippen LogP contribution is -2.26. The van der Waals surface area contributed by atoms with Gasteiger partial charge < -0.3 is 19.4 Å². The highest BCUT2D eigenvalue weighted by Gasteiger charge is 2.29. The van der Waals surface area contributed by atoms with E-state index in [1.807, 2.05) is 0 Å². The van der Waals surface area contributed by atoms with Crippen LogP contribution in [-0.2, 0) is 14.3 Å². The molecule has 1 saturated heterocycles. The van der Waals surface area contributed by atoms with Crippen LogP contribution in [0.1, 0.15) is 69.2 Å². The van der Waals surface area contributed by atoms with Crippen LogP contribution in [0.15, 0.2) is 18.2 Å². The molecule has 1 N–H and O–H groups in total. The van der Waals surface area contributed by atoms with E-state index in [1.54, 1.807) is 20.8 Å². The summed E-state index contributed by atoms with van der Waals surface area (Å²) >= 11 is 6.22. The van der Waals surface area contributed by atoms with Crippen molar-refractivity contribution < 1.29 is 28.7 Å². The molecule has 170 valence electrons. The lowest BCUT2D eigenvalue weighted by Gasteiger charge is -2.18. The summed E-state index contributed by atoms with van der Waals surface area (Å²) in [4.78, 5) is 54.3. The van der Waals surface area contributed by atoms with Crippen molar-refractivity contribution in [1.29, 1.82) is 0 Å². The van der Waals surface area contributed by atoms with E-state index in [-0.39, 0.29) is 23.8 Å². The SMILES string of the molecule is CCOC(=O)c1c(C)[nH]c(C(=O)[C@H](C)OC(=O)c2ccc(Cl)c(N3CCCC3=O)c2)c1C. The number of H-pyrrole nitrogens is 1. The Morgan fingerprint density at radius 1 is 1.22 bits per heavy atom. The van der Waals surface area contributed by atoms with Crippen LogP contribution in [0.4, 0.5) is 5.69 Å². The van der Waals surface area contributed by atoms with E-state index in [2.05, 4.69) is 4.98 Å². The number of halogens is 1. The number of aryl methyl sites for hydroxylation is 1. The molecule has 1 aromatic carbocycles. The van der Waals surface area contributed by atoms with Crippen molar-refractivity contribution in [2.45, 2.75) is 46.6 Å². The number of Topliss-reactive ketones (excluding diaryl/α,β-unsaturated/α-hetero) is 1. The lowest BCUT2D eigenvalue weighted by molar-refractivity contribution is -0.117. The van der Waals surface area contributed by atoms with Gasteiger partial charge in [0.25, 0.3) is 0 Å². The Bertz CT molecular complexity index is 1090. The van der Waals surface area contributed by atoms with E-state index < -0.39 is 23.8 Å². The zero-order valence-corrected chi connectivity index (χ0v) is 19.2. The number of hydrogen-bond acceptors (Lipinski definition) is 6. The number of carbonyl (C=O) groups is 4. The van der Waals surface area contributed by atoms with Gasteiger partial charge >= 0.3 is 11.9 Å². The van der Waals surface area contributed by atoms with Gasteiger partial charge in [-0.25, -0.2) is 9.59 Å². The third-order valence-corrected chi connectivity index (χ3v) is 5.68. The molecule has 0 spiro atoms. The molecule has 1 amide bonds. The molecule has 9 heteroatoms. The summed E-state index contributed by atoms with van der Waals surface area (Å²) < 4.78 is 10.4. The number of rotatable bonds is 7. The lowest BCUT2D eigenvalue weighted by atomic mass is 10.1. The standard InChI is InChI=1S/C23H25ClN2O6/c1-5-31-23(30)19-12(2)20(25-13(19)3)21(28)14(4)32-22(29)15-8-9-16(24)17(11-15)26-10-6-7-18(26)27/h8-9,11,14,25H,5-7,10H2,1-4H3/t14-/m0/s1. The Kier molecular flexibility index (Phi) is 7.03. The average molecular weight is 461 g/mol. The number of anilines is 1. The zero-order chi connectivity index (χ0) is 23.6. The molecular formula is C23H25ClN2O6. The minimum Gasteiger partial charge on any atom is -0.462 e. The summed E-state index contributed by atoms with van der Waals surface area (Å²) in [6.45, 7) is 7.20. The van der Waals surface area contributed by atoms with E-state index in [9.17, 15) is 19.2 Å². The molecule has 1 fully saturated rings. The highest BCUT2D eigenvalue weighted by Crippen LogP contribution is 2.31. The predicted octanol–water partition coefficient (Wildman–Crippen LogP) is 4.02.